The van der Waals surface area contributed by atoms with Gasteiger partial charge in [0.25, 0.3) is 0 Å². The predicted molar refractivity (Wildman–Crippen MR) is 68.2 cm³/mol. The Morgan fingerprint density at radius 1 is 1.24 bits per heavy atom. The summed E-state index contributed by atoms with van der Waals surface area (Å²) in [6, 6.07) is 6.69. The molecule has 6 heteroatoms. The number of aromatic carboxylic acids is 1. The van der Waals surface area contributed by atoms with Gasteiger partial charge in [0.1, 0.15) is 0 Å². The second-order valence-corrected chi connectivity index (χ2v) is 6.47. The number of carboxylic acid groups (broad SMARTS) is 1. The molecule has 0 spiro atoms. The number of anilines is 1. The fourth-order valence-electron chi connectivity index (χ4n) is 1.82. The number of hydrogen-bond donors (Lipinski definition) is 3. The molecule has 1 aromatic carbocycles. The average Bonchev–Trinajstić information content (AvgIpc) is 2.29. The molecular formula is C11H15NO4S. The second kappa shape index (κ2) is 4.56. The maximum atomic E-state index is 10.8. The van der Waals surface area contributed by atoms with Crippen molar-refractivity contribution in [3.05, 3.63) is 29.8 Å². The Hall–Kier alpha value is -1.24. The Labute approximate surface area is 101 Å². The summed E-state index contributed by atoms with van der Waals surface area (Å²) in [5, 5.41) is 8.90. The van der Waals surface area contributed by atoms with Crippen LogP contribution in [0, 0.1) is 0 Å². The molecular weight excluding hydrogens is 242 g/mol. The van der Waals surface area contributed by atoms with E-state index in [2.05, 4.69) is 0 Å². The molecule has 0 amide bonds. The molecule has 2 rings (SSSR count). The largest absolute Gasteiger partial charge is 0.478 e. The van der Waals surface area contributed by atoms with Crippen molar-refractivity contribution >= 4 is 22.2 Å². The van der Waals surface area contributed by atoms with Crippen LogP contribution in [-0.4, -0.2) is 44.8 Å². The molecule has 1 aliphatic heterocycles. The van der Waals surface area contributed by atoms with E-state index in [1.54, 1.807) is 18.2 Å². The van der Waals surface area contributed by atoms with E-state index >= 15 is 0 Å². The van der Waals surface area contributed by atoms with Crippen LogP contribution in [0.5, 0.6) is 0 Å². The van der Waals surface area contributed by atoms with Gasteiger partial charge < -0.3 is 10.0 Å². The van der Waals surface area contributed by atoms with Crippen LogP contribution in [0.2, 0.25) is 0 Å². The fourth-order valence-corrected chi connectivity index (χ4v) is 3.05. The molecule has 1 aliphatic rings. The molecule has 17 heavy (non-hydrogen) atoms. The van der Waals surface area contributed by atoms with Gasteiger partial charge in [0, 0.05) is 18.8 Å². The SMILES string of the molecule is O=C(O)c1cccc(N2CCS(O)(O)CC2)c1. The van der Waals surface area contributed by atoms with Crippen LogP contribution in [0.3, 0.4) is 0 Å². The number of rotatable bonds is 2. The highest BCUT2D eigenvalue weighted by Gasteiger charge is 2.22. The summed E-state index contributed by atoms with van der Waals surface area (Å²) in [5.74, 6) is -0.248. The molecule has 0 atom stereocenters. The first-order valence-electron chi connectivity index (χ1n) is 5.30. The van der Waals surface area contributed by atoms with Crippen molar-refractivity contribution in [2.24, 2.45) is 0 Å². The van der Waals surface area contributed by atoms with E-state index in [0.717, 1.165) is 5.69 Å². The standard InChI is InChI=1S/C11H15NO4S/c13-11(14)9-2-1-3-10(8-9)12-4-6-17(15,16)7-5-12/h1-3,8,15-16H,4-7H2,(H,13,14). The molecule has 0 bridgehead atoms. The Morgan fingerprint density at radius 2 is 1.88 bits per heavy atom. The topological polar surface area (TPSA) is 81.0 Å². The summed E-state index contributed by atoms with van der Waals surface area (Å²) < 4.78 is 19.0. The lowest BCUT2D eigenvalue weighted by atomic mass is 10.2. The van der Waals surface area contributed by atoms with E-state index in [1.165, 1.54) is 0 Å². The maximum Gasteiger partial charge on any atom is 0.335 e. The van der Waals surface area contributed by atoms with Gasteiger partial charge in [-0.25, -0.2) is 4.79 Å². The van der Waals surface area contributed by atoms with Crippen molar-refractivity contribution in [2.45, 2.75) is 0 Å². The smallest absolute Gasteiger partial charge is 0.335 e. The van der Waals surface area contributed by atoms with Gasteiger partial charge in [-0.15, -0.1) is 0 Å². The lowest BCUT2D eigenvalue weighted by molar-refractivity contribution is 0.0697. The van der Waals surface area contributed by atoms with Crippen molar-refractivity contribution in [3.8, 4) is 0 Å². The molecule has 1 fully saturated rings. The molecule has 1 saturated heterocycles. The van der Waals surface area contributed by atoms with Gasteiger partial charge in [0.15, 0.2) is 0 Å². The molecule has 5 nitrogen and oxygen atoms in total. The summed E-state index contributed by atoms with van der Waals surface area (Å²) >= 11 is 0. The Bertz CT molecular complexity index is 425. The van der Waals surface area contributed by atoms with Crippen molar-refractivity contribution < 1.29 is 19.0 Å². The summed E-state index contributed by atoms with van der Waals surface area (Å²) in [6.45, 7) is 1.09. The van der Waals surface area contributed by atoms with Crippen molar-refractivity contribution in [1.29, 1.82) is 0 Å². The molecule has 3 N–H and O–H groups in total. The minimum absolute atomic E-state index is 0.250. The zero-order chi connectivity index (χ0) is 12.5. The van der Waals surface area contributed by atoms with Gasteiger partial charge in [0.2, 0.25) is 0 Å². The van der Waals surface area contributed by atoms with Crippen molar-refractivity contribution in [1.82, 2.24) is 0 Å². The van der Waals surface area contributed by atoms with E-state index < -0.39 is 16.6 Å². The fraction of sp³-hybridized carbons (Fsp3) is 0.364. The Morgan fingerprint density at radius 3 is 2.47 bits per heavy atom. The highest BCUT2D eigenvalue weighted by Crippen LogP contribution is 2.41. The van der Waals surface area contributed by atoms with E-state index in [4.69, 9.17) is 5.11 Å². The molecule has 1 aromatic rings. The molecule has 0 aliphatic carbocycles. The van der Waals surface area contributed by atoms with Crippen LogP contribution in [0.4, 0.5) is 5.69 Å². The van der Waals surface area contributed by atoms with E-state index in [0.29, 0.717) is 24.6 Å². The van der Waals surface area contributed by atoms with Gasteiger partial charge in [0.05, 0.1) is 17.1 Å². The zero-order valence-electron chi connectivity index (χ0n) is 9.24. The predicted octanol–water partition coefficient (Wildman–Crippen LogP) is 1.96. The first-order chi connectivity index (χ1) is 7.98. The lowest BCUT2D eigenvalue weighted by Gasteiger charge is -2.41. The van der Waals surface area contributed by atoms with Gasteiger partial charge >= 0.3 is 5.97 Å². The summed E-state index contributed by atoms with van der Waals surface area (Å²) in [7, 11) is -2.41. The summed E-state index contributed by atoms with van der Waals surface area (Å²) in [5.41, 5.74) is 1.07. The van der Waals surface area contributed by atoms with Gasteiger partial charge in [-0.2, -0.15) is 10.6 Å². The highest BCUT2D eigenvalue weighted by atomic mass is 32.3. The van der Waals surface area contributed by atoms with Crippen LogP contribution >= 0.6 is 10.6 Å². The van der Waals surface area contributed by atoms with Crippen LogP contribution in [0.25, 0.3) is 0 Å². The molecule has 1 heterocycles. The van der Waals surface area contributed by atoms with E-state index in [1.807, 2.05) is 11.0 Å². The second-order valence-electron chi connectivity index (χ2n) is 4.05. The van der Waals surface area contributed by atoms with Gasteiger partial charge in [-0.3, -0.25) is 9.11 Å². The molecule has 0 radical (unpaired) electrons. The van der Waals surface area contributed by atoms with E-state index in [9.17, 15) is 13.9 Å². The van der Waals surface area contributed by atoms with Gasteiger partial charge in [-0.05, 0) is 18.2 Å². The lowest BCUT2D eigenvalue weighted by Crippen LogP contribution is -2.38. The average molecular weight is 257 g/mol. The van der Waals surface area contributed by atoms with Crippen molar-refractivity contribution in [2.75, 3.05) is 29.5 Å². The number of carboxylic acids is 1. The van der Waals surface area contributed by atoms with Crippen molar-refractivity contribution in [3.63, 3.8) is 0 Å². The molecule has 94 valence electrons. The monoisotopic (exact) mass is 257 g/mol. The third-order valence-electron chi connectivity index (χ3n) is 2.83. The quantitative estimate of drug-likeness (QED) is 0.754. The molecule has 0 unspecified atom stereocenters. The van der Waals surface area contributed by atoms with E-state index in [-0.39, 0.29) is 5.56 Å². The minimum Gasteiger partial charge on any atom is -0.478 e. The number of benzene rings is 1. The summed E-state index contributed by atoms with van der Waals surface area (Å²) in [4.78, 5) is 12.8. The third kappa shape index (κ3) is 2.91. The number of hydrogen-bond acceptors (Lipinski definition) is 4. The normalized spacial score (nSPS) is 20.9. The highest BCUT2D eigenvalue weighted by molar-refractivity contribution is 8.24. The number of carbonyl (C=O) groups is 1. The van der Waals surface area contributed by atoms with Crippen LogP contribution in [-0.2, 0) is 0 Å². The zero-order valence-corrected chi connectivity index (χ0v) is 10.1. The van der Waals surface area contributed by atoms with Crippen LogP contribution in [0.15, 0.2) is 24.3 Å². The number of nitrogens with zero attached hydrogens (tertiary/aromatic N) is 1. The first kappa shape index (κ1) is 12.2. The van der Waals surface area contributed by atoms with Crippen LogP contribution < -0.4 is 4.90 Å². The first-order valence-corrected chi connectivity index (χ1v) is 7.18. The van der Waals surface area contributed by atoms with Crippen LogP contribution in [0.1, 0.15) is 10.4 Å². The van der Waals surface area contributed by atoms with Gasteiger partial charge in [-0.1, -0.05) is 6.07 Å². The molecule has 0 aromatic heterocycles. The molecule has 0 saturated carbocycles. The Balaban J connectivity index is 2.13. The maximum absolute atomic E-state index is 10.8. The minimum atomic E-state index is -2.41. The Kier molecular flexibility index (Phi) is 3.28. The third-order valence-corrected chi connectivity index (χ3v) is 4.51. The summed E-state index contributed by atoms with van der Waals surface area (Å²) in [6.07, 6.45) is 0.